The van der Waals surface area contributed by atoms with Crippen LogP contribution < -0.4 is 4.72 Å². The summed E-state index contributed by atoms with van der Waals surface area (Å²) in [6, 6.07) is 7.33. The number of aromatic nitrogens is 2. The Balaban J connectivity index is 2.29. The lowest BCUT2D eigenvalue weighted by Crippen LogP contribution is -2.15. The molecule has 100 valence electrons. The van der Waals surface area contributed by atoms with E-state index in [0.29, 0.717) is 11.4 Å². The van der Waals surface area contributed by atoms with Gasteiger partial charge in [-0.2, -0.15) is 5.10 Å². The molecule has 0 aliphatic rings. The van der Waals surface area contributed by atoms with E-state index in [1.165, 1.54) is 42.1 Å². The highest BCUT2D eigenvalue weighted by molar-refractivity contribution is 7.92. The van der Waals surface area contributed by atoms with E-state index in [1.54, 1.807) is 13.1 Å². The highest BCUT2D eigenvalue weighted by atomic mass is 32.2. The highest BCUT2D eigenvalue weighted by Crippen LogP contribution is 2.15. The van der Waals surface area contributed by atoms with Crippen molar-refractivity contribution in [1.29, 1.82) is 0 Å². The third-order valence-electron chi connectivity index (χ3n) is 2.63. The van der Waals surface area contributed by atoms with E-state index in [0.717, 1.165) is 0 Å². The number of Topliss-reactive ketones (excluding diaryl/α,β-unsaturated/α-hetero) is 1. The molecule has 1 heterocycles. The molecule has 7 heteroatoms. The molecule has 0 saturated carbocycles. The number of carbonyl (C=O) groups is 1. The second-order valence-electron chi connectivity index (χ2n) is 4.03. The van der Waals surface area contributed by atoms with Gasteiger partial charge in [-0.25, -0.2) is 8.42 Å². The van der Waals surface area contributed by atoms with Crippen molar-refractivity contribution in [2.75, 3.05) is 4.72 Å². The molecule has 0 fully saturated rings. The van der Waals surface area contributed by atoms with Gasteiger partial charge in [-0.05, 0) is 19.1 Å². The Labute approximate surface area is 111 Å². The van der Waals surface area contributed by atoms with E-state index in [-0.39, 0.29) is 10.7 Å². The number of benzene rings is 1. The normalized spacial score (nSPS) is 11.3. The SMILES string of the molecule is CC(=O)c1ccc(S(=O)(=O)Nc2ccnn2C)cc1. The fourth-order valence-electron chi connectivity index (χ4n) is 1.54. The number of anilines is 1. The van der Waals surface area contributed by atoms with Crippen LogP contribution in [0.25, 0.3) is 0 Å². The molecule has 0 amide bonds. The fourth-order valence-corrected chi connectivity index (χ4v) is 2.63. The summed E-state index contributed by atoms with van der Waals surface area (Å²) < 4.78 is 28.0. The van der Waals surface area contributed by atoms with Gasteiger partial charge >= 0.3 is 0 Å². The summed E-state index contributed by atoms with van der Waals surface area (Å²) in [6.07, 6.45) is 1.50. The maximum Gasteiger partial charge on any atom is 0.263 e. The molecule has 1 aromatic carbocycles. The van der Waals surface area contributed by atoms with Gasteiger partial charge in [0.15, 0.2) is 5.78 Å². The minimum absolute atomic E-state index is 0.0960. The lowest BCUT2D eigenvalue weighted by atomic mass is 10.2. The largest absolute Gasteiger partial charge is 0.295 e. The molecule has 0 aliphatic carbocycles. The minimum Gasteiger partial charge on any atom is -0.295 e. The molecule has 19 heavy (non-hydrogen) atoms. The Morgan fingerprint density at radius 1 is 1.21 bits per heavy atom. The molecule has 2 aromatic rings. The smallest absolute Gasteiger partial charge is 0.263 e. The zero-order chi connectivity index (χ0) is 14.0. The Hall–Kier alpha value is -2.15. The van der Waals surface area contributed by atoms with E-state index in [4.69, 9.17) is 0 Å². The van der Waals surface area contributed by atoms with Crippen molar-refractivity contribution >= 4 is 21.6 Å². The van der Waals surface area contributed by atoms with Crippen molar-refractivity contribution in [2.45, 2.75) is 11.8 Å². The van der Waals surface area contributed by atoms with E-state index in [1.807, 2.05) is 0 Å². The molecule has 1 N–H and O–H groups in total. The number of hydrogen-bond donors (Lipinski definition) is 1. The van der Waals surface area contributed by atoms with Crippen molar-refractivity contribution in [3.63, 3.8) is 0 Å². The zero-order valence-corrected chi connectivity index (χ0v) is 11.3. The molecular formula is C12H13N3O3S. The molecule has 1 aromatic heterocycles. The average Bonchev–Trinajstić information content (AvgIpc) is 2.74. The summed E-state index contributed by atoms with van der Waals surface area (Å²) in [7, 11) is -2.03. The number of carbonyl (C=O) groups excluding carboxylic acids is 1. The van der Waals surface area contributed by atoms with Gasteiger partial charge in [-0.15, -0.1) is 0 Å². The van der Waals surface area contributed by atoms with Gasteiger partial charge in [-0.1, -0.05) is 12.1 Å². The van der Waals surface area contributed by atoms with Crippen molar-refractivity contribution in [1.82, 2.24) is 9.78 Å². The standard InChI is InChI=1S/C12H13N3O3S/c1-9(16)10-3-5-11(6-4-10)19(17,18)14-12-7-8-13-15(12)2/h3-8,14H,1-2H3. The van der Waals surface area contributed by atoms with Gasteiger partial charge in [0.2, 0.25) is 0 Å². The van der Waals surface area contributed by atoms with Crippen molar-refractivity contribution in [3.05, 3.63) is 42.1 Å². The summed E-state index contributed by atoms with van der Waals surface area (Å²) in [6.45, 7) is 1.43. The van der Waals surface area contributed by atoms with Gasteiger partial charge in [0.1, 0.15) is 5.82 Å². The predicted molar refractivity (Wildman–Crippen MR) is 70.5 cm³/mol. The number of nitrogens with one attached hydrogen (secondary N) is 1. The molecule has 0 aliphatic heterocycles. The van der Waals surface area contributed by atoms with Crippen LogP contribution >= 0.6 is 0 Å². The number of rotatable bonds is 4. The quantitative estimate of drug-likeness (QED) is 0.858. The molecule has 0 saturated heterocycles. The number of sulfonamides is 1. The number of nitrogens with zero attached hydrogens (tertiary/aromatic N) is 2. The Bertz CT molecular complexity index is 702. The maximum absolute atomic E-state index is 12.1. The second-order valence-corrected chi connectivity index (χ2v) is 5.71. The summed E-state index contributed by atoms with van der Waals surface area (Å²) in [4.78, 5) is 11.2. The Morgan fingerprint density at radius 2 is 1.84 bits per heavy atom. The third-order valence-corrected chi connectivity index (χ3v) is 4.00. The van der Waals surface area contributed by atoms with Crippen molar-refractivity contribution in [2.24, 2.45) is 7.05 Å². The summed E-state index contributed by atoms with van der Waals surface area (Å²) >= 11 is 0. The average molecular weight is 279 g/mol. The number of aryl methyl sites for hydroxylation is 1. The predicted octanol–water partition coefficient (Wildman–Crippen LogP) is 1.42. The van der Waals surface area contributed by atoms with Crippen LogP contribution in [0, 0.1) is 0 Å². The second kappa shape index (κ2) is 4.85. The first-order valence-electron chi connectivity index (χ1n) is 5.52. The number of ketones is 1. The molecule has 0 unspecified atom stereocenters. The summed E-state index contributed by atoms with van der Waals surface area (Å²) in [5.41, 5.74) is 0.472. The summed E-state index contributed by atoms with van der Waals surface area (Å²) in [5.74, 6) is 0.263. The first-order valence-corrected chi connectivity index (χ1v) is 7.00. The maximum atomic E-state index is 12.1. The van der Waals surface area contributed by atoms with Gasteiger partial charge in [0.05, 0.1) is 11.1 Å². The first-order chi connectivity index (χ1) is 8.90. The molecule has 0 spiro atoms. The zero-order valence-electron chi connectivity index (χ0n) is 10.5. The monoisotopic (exact) mass is 279 g/mol. The van der Waals surface area contributed by atoms with Crippen LogP contribution in [0.5, 0.6) is 0 Å². The third kappa shape index (κ3) is 2.82. The lowest BCUT2D eigenvalue weighted by molar-refractivity contribution is 0.101. The van der Waals surface area contributed by atoms with Crippen molar-refractivity contribution < 1.29 is 13.2 Å². The van der Waals surface area contributed by atoms with E-state index in [2.05, 4.69) is 9.82 Å². The first kappa shape index (κ1) is 13.3. The van der Waals surface area contributed by atoms with Gasteiger partial charge in [0.25, 0.3) is 10.0 Å². The van der Waals surface area contributed by atoms with E-state index < -0.39 is 10.0 Å². The molecule has 2 rings (SSSR count). The molecule has 0 atom stereocenters. The van der Waals surface area contributed by atoms with Gasteiger partial charge in [0, 0.05) is 18.7 Å². The van der Waals surface area contributed by atoms with Gasteiger partial charge in [-0.3, -0.25) is 14.2 Å². The number of hydrogen-bond acceptors (Lipinski definition) is 4. The summed E-state index contributed by atoms with van der Waals surface area (Å²) in [5, 5.41) is 3.88. The van der Waals surface area contributed by atoms with Crippen LogP contribution in [0.4, 0.5) is 5.82 Å². The van der Waals surface area contributed by atoms with Crippen LogP contribution in [0.2, 0.25) is 0 Å². The Morgan fingerprint density at radius 3 is 2.32 bits per heavy atom. The topological polar surface area (TPSA) is 81.1 Å². The highest BCUT2D eigenvalue weighted by Gasteiger charge is 2.15. The fraction of sp³-hybridized carbons (Fsp3) is 0.167. The van der Waals surface area contributed by atoms with E-state index >= 15 is 0 Å². The molecule has 0 radical (unpaired) electrons. The Kier molecular flexibility index (Phi) is 3.39. The minimum atomic E-state index is -3.67. The van der Waals surface area contributed by atoms with E-state index in [9.17, 15) is 13.2 Å². The molecular weight excluding hydrogens is 266 g/mol. The van der Waals surface area contributed by atoms with Crippen LogP contribution in [-0.2, 0) is 17.1 Å². The molecule has 6 nitrogen and oxygen atoms in total. The van der Waals surface area contributed by atoms with Crippen molar-refractivity contribution in [3.8, 4) is 0 Å². The van der Waals surface area contributed by atoms with Gasteiger partial charge < -0.3 is 0 Å². The van der Waals surface area contributed by atoms with Crippen LogP contribution in [0.15, 0.2) is 41.4 Å². The van der Waals surface area contributed by atoms with Crippen LogP contribution in [-0.4, -0.2) is 24.0 Å². The van der Waals surface area contributed by atoms with Crippen LogP contribution in [0.1, 0.15) is 17.3 Å². The molecule has 0 bridgehead atoms. The lowest BCUT2D eigenvalue weighted by Gasteiger charge is -2.08. The van der Waals surface area contributed by atoms with Crippen LogP contribution in [0.3, 0.4) is 0 Å².